The Morgan fingerprint density at radius 2 is 1.73 bits per heavy atom. The number of allylic oxidation sites excluding steroid dienone is 1. The maximum Gasteiger partial charge on any atom is 0.417 e. The zero-order chi connectivity index (χ0) is 33.2. The number of ketones is 2. The van der Waals surface area contributed by atoms with Crippen molar-refractivity contribution < 1.29 is 48.0 Å². The summed E-state index contributed by atoms with van der Waals surface area (Å²) in [5.74, 6) is -9.08. The first-order valence-corrected chi connectivity index (χ1v) is 14.3. The summed E-state index contributed by atoms with van der Waals surface area (Å²) < 4.78 is 44.3. The Kier molecular flexibility index (Phi) is 8.09. The van der Waals surface area contributed by atoms with Gasteiger partial charge in [-0.15, -0.1) is 0 Å². The molecule has 0 radical (unpaired) electrons. The molecule has 0 bridgehead atoms. The molecular formula is C32H34F3N3O7. The second-order valence-electron chi connectivity index (χ2n) is 12.2. The molecule has 0 fully saturated rings. The first-order chi connectivity index (χ1) is 21.0. The van der Waals surface area contributed by atoms with Crippen LogP contribution in [0.4, 0.5) is 13.2 Å². The lowest BCUT2D eigenvalue weighted by molar-refractivity contribution is -0.148. The maximum atomic E-state index is 14.8. The number of hydrogen-bond donors (Lipinski definition) is 5. The van der Waals surface area contributed by atoms with Crippen LogP contribution < -0.4 is 5.73 Å². The molecule has 5 rings (SSSR count). The Hall–Kier alpha value is -4.20. The van der Waals surface area contributed by atoms with Crippen molar-refractivity contribution >= 4 is 17.5 Å². The highest BCUT2D eigenvalue weighted by atomic mass is 19.4. The van der Waals surface area contributed by atoms with Gasteiger partial charge in [0.2, 0.25) is 5.78 Å². The van der Waals surface area contributed by atoms with E-state index in [2.05, 4.69) is 0 Å². The number of rotatable bonds is 7. The number of nitrogens with two attached hydrogens (primary N) is 1. The molecule has 3 aliphatic carbocycles. The Balaban J connectivity index is 1.60. The molecule has 13 heteroatoms. The van der Waals surface area contributed by atoms with Crippen molar-refractivity contribution in [3.8, 4) is 5.75 Å². The highest BCUT2D eigenvalue weighted by molar-refractivity contribution is 6.24. The van der Waals surface area contributed by atoms with Gasteiger partial charge in [-0.05, 0) is 69.1 Å². The van der Waals surface area contributed by atoms with E-state index in [9.17, 15) is 48.0 Å². The van der Waals surface area contributed by atoms with Crippen LogP contribution in [0.1, 0.15) is 39.0 Å². The number of alkyl halides is 3. The van der Waals surface area contributed by atoms with E-state index in [1.54, 1.807) is 11.9 Å². The number of phenolic OH excluding ortho intramolecular Hbond substituents is 1. The molecular weight excluding hydrogens is 595 g/mol. The van der Waals surface area contributed by atoms with Crippen LogP contribution in [0, 0.1) is 11.8 Å². The van der Waals surface area contributed by atoms with Gasteiger partial charge >= 0.3 is 6.18 Å². The predicted octanol–water partition coefficient (Wildman–Crippen LogP) is 2.81. The number of Topliss-reactive ketones (excluding diaryl/α,β-unsaturated/α-hetero) is 2. The Morgan fingerprint density at radius 1 is 1.09 bits per heavy atom. The smallest absolute Gasteiger partial charge is 0.417 e. The minimum atomic E-state index is -4.92. The molecule has 0 aliphatic heterocycles. The number of aromatic hydroxyl groups is 1. The lowest BCUT2D eigenvalue weighted by atomic mass is 9.58. The highest BCUT2D eigenvalue weighted by Crippen LogP contribution is 2.54. The average Bonchev–Trinajstić information content (AvgIpc) is 2.93. The van der Waals surface area contributed by atoms with Crippen molar-refractivity contribution in [2.45, 2.75) is 43.6 Å². The van der Waals surface area contributed by atoms with E-state index in [1.807, 2.05) is 30.3 Å². The van der Waals surface area contributed by atoms with E-state index < -0.39 is 98.7 Å². The monoisotopic (exact) mass is 629 g/mol. The summed E-state index contributed by atoms with van der Waals surface area (Å²) in [7, 11) is 4.58. The van der Waals surface area contributed by atoms with E-state index in [0.29, 0.717) is 13.0 Å². The van der Waals surface area contributed by atoms with Gasteiger partial charge in [0.25, 0.3) is 5.91 Å². The molecule has 240 valence electrons. The first-order valence-electron chi connectivity index (χ1n) is 14.3. The molecule has 10 nitrogen and oxygen atoms in total. The second-order valence-corrected chi connectivity index (χ2v) is 12.2. The van der Waals surface area contributed by atoms with Crippen LogP contribution in [0.5, 0.6) is 5.75 Å². The van der Waals surface area contributed by atoms with Crippen LogP contribution in [0.2, 0.25) is 0 Å². The van der Waals surface area contributed by atoms with Gasteiger partial charge in [0, 0.05) is 24.6 Å². The summed E-state index contributed by atoms with van der Waals surface area (Å²) in [6, 6.07) is 9.02. The zero-order valence-electron chi connectivity index (χ0n) is 24.9. The van der Waals surface area contributed by atoms with Crippen molar-refractivity contribution in [1.29, 1.82) is 0 Å². The van der Waals surface area contributed by atoms with Crippen molar-refractivity contribution in [2.24, 2.45) is 17.6 Å². The fourth-order valence-electron chi connectivity index (χ4n) is 7.20. The van der Waals surface area contributed by atoms with Gasteiger partial charge in [0.05, 0.1) is 17.2 Å². The molecule has 0 spiro atoms. The van der Waals surface area contributed by atoms with Crippen molar-refractivity contribution in [3.05, 3.63) is 86.9 Å². The van der Waals surface area contributed by atoms with Crippen LogP contribution in [-0.4, -0.2) is 87.0 Å². The Morgan fingerprint density at radius 3 is 2.31 bits per heavy atom. The zero-order valence-corrected chi connectivity index (χ0v) is 24.9. The number of hydrogen-bond acceptors (Lipinski definition) is 9. The summed E-state index contributed by atoms with van der Waals surface area (Å²) in [5, 5.41) is 44.9. The SMILES string of the molecule is CN(CCc1ccccc1)Cc1cc(O)c2c(c1C(F)(F)F)C[C@H]1C[C@H]3[C@H](N(C)C)C(O)=C(C(N)=O)C(=O)[C@@]3(O)C(O)=C1C2=O. The third kappa shape index (κ3) is 5.18. The van der Waals surface area contributed by atoms with Gasteiger partial charge < -0.3 is 31.1 Å². The molecule has 0 saturated heterocycles. The molecule has 0 unspecified atom stereocenters. The van der Waals surface area contributed by atoms with Crippen LogP contribution in [0.15, 0.2) is 59.1 Å². The predicted molar refractivity (Wildman–Crippen MR) is 155 cm³/mol. The third-order valence-corrected chi connectivity index (χ3v) is 9.16. The maximum absolute atomic E-state index is 14.8. The number of carbonyl (C=O) groups is 3. The van der Waals surface area contributed by atoms with Crippen LogP contribution in [-0.2, 0) is 35.2 Å². The summed E-state index contributed by atoms with van der Waals surface area (Å²) in [4.78, 5) is 42.4. The largest absolute Gasteiger partial charge is 0.510 e. The topological polar surface area (TPSA) is 165 Å². The van der Waals surface area contributed by atoms with Gasteiger partial charge in [0.1, 0.15) is 22.8 Å². The first kappa shape index (κ1) is 32.2. The number of aliphatic hydroxyl groups excluding tert-OH is 2. The van der Waals surface area contributed by atoms with Crippen molar-refractivity contribution in [1.82, 2.24) is 9.80 Å². The summed E-state index contributed by atoms with van der Waals surface area (Å²) >= 11 is 0. The second kappa shape index (κ2) is 11.3. The number of benzene rings is 2. The number of aliphatic hydroxyl groups is 3. The van der Waals surface area contributed by atoms with Gasteiger partial charge in [-0.2, -0.15) is 13.2 Å². The van der Waals surface area contributed by atoms with E-state index in [4.69, 9.17) is 5.73 Å². The third-order valence-electron chi connectivity index (χ3n) is 9.16. The fraction of sp³-hybridized carbons (Fsp3) is 0.406. The average molecular weight is 630 g/mol. The van der Waals surface area contributed by atoms with Crippen molar-refractivity contribution in [2.75, 3.05) is 27.7 Å². The number of fused-ring (bicyclic) bond motifs is 3. The number of phenols is 1. The van der Waals surface area contributed by atoms with Crippen LogP contribution >= 0.6 is 0 Å². The summed E-state index contributed by atoms with van der Waals surface area (Å²) in [6.45, 7) is 0.218. The van der Waals surface area contributed by atoms with Gasteiger partial charge in [-0.3, -0.25) is 19.3 Å². The minimum Gasteiger partial charge on any atom is -0.510 e. The molecule has 6 N–H and O–H groups in total. The minimum absolute atomic E-state index is 0.191. The molecule has 1 amide bonds. The Labute approximate surface area is 256 Å². The van der Waals surface area contributed by atoms with E-state index in [1.165, 1.54) is 19.0 Å². The lowest BCUT2D eigenvalue weighted by Gasteiger charge is -2.50. The van der Waals surface area contributed by atoms with Gasteiger partial charge in [0.15, 0.2) is 11.4 Å². The number of primary amides is 1. The fourth-order valence-corrected chi connectivity index (χ4v) is 7.20. The molecule has 2 aromatic carbocycles. The Bertz CT molecular complexity index is 1650. The van der Waals surface area contributed by atoms with Crippen molar-refractivity contribution in [3.63, 3.8) is 0 Å². The van der Waals surface area contributed by atoms with Crippen LogP contribution in [0.25, 0.3) is 0 Å². The lowest BCUT2D eigenvalue weighted by Crippen LogP contribution is -2.63. The number of nitrogens with zero attached hydrogens (tertiary/aromatic N) is 2. The molecule has 0 saturated carbocycles. The number of amides is 1. The molecule has 3 aliphatic rings. The molecule has 2 aromatic rings. The van der Waals surface area contributed by atoms with E-state index in [0.717, 1.165) is 11.6 Å². The van der Waals surface area contributed by atoms with E-state index in [-0.39, 0.29) is 18.5 Å². The quantitative estimate of drug-likeness (QED) is 0.290. The summed E-state index contributed by atoms with van der Waals surface area (Å²) in [5.41, 5.74) is -0.498. The highest BCUT2D eigenvalue weighted by Gasteiger charge is 2.63. The number of carbonyl (C=O) groups excluding carboxylic acids is 3. The molecule has 45 heavy (non-hydrogen) atoms. The van der Waals surface area contributed by atoms with Crippen LogP contribution in [0.3, 0.4) is 0 Å². The van der Waals surface area contributed by atoms with E-state index >= 15 is 0 Å². The molecule has 0 aromatic heterocycles. The van der Waals surface area contributed by atoms with Gasteiger partial charge in [-0.25, -0.2) is 0 Å². The number of halogens is 3. The molecule has 0 heterocycles. The summed E-state index contributed by atoms with van der Waals surface area (Å²) in [6.07, 6.45) is -5.13. The molecule has 4 atom stereocenters. The normalized spacial score (nSPS) is 25.0. The standard InChI is InChI=1S/C32H34F3N3O7/c1-37(2)25-19-12-16-11-18-22(26(40)21(16)28(42)31(19,45)29(43)23(27(25)41)30(36)44)20(39)13-17(24(18)32(33,34)35)14-38(3)10-9-15-7-5-4-6-8-15/h4-8,13,16,19,25,39,41-42,45H,9-12,14H2,1-3H3,(H2,36,44)/t16-,19-,25-,31-/m0/s1. The van der Waals surface area contributed by atoms with Gasteiger partial charge in [-0.1, -0.05) is 30.3 Å². The number of likely N-dealkylation sites (N-methyl/N-ethyl adjacent to an activating group) is 2.